The average molecular weight is 576 g/mol. The van der Waals surface area contributed by atoms with E-state index in [1.807, 2.05) is 81.4 Å². The molecular formula is C33H41N3O4S. The number of carbonyl (C=O) groups is 2. The van der Waals surface area contributed by atoms with Crippen molar-refractivity contribution in [2.45, 2.75) is 71.5 Å². The lowest BCUT2D eigenvalue weighted by Crippen LogP contribution is -2.54. The van der Waals surface area contributed by atoms with Gasteiger partial charge in [-0.15, -0.1) is 0 Å². The number of rotatable bonds is 11. The van der Waals surface area contributed by atoms with E-state index in [-0.39, 0.29) is 18.5 Å². The van der Waals surface area contributed by atoms with Gasteiger partial charge in [-0.2, -0.15) is 0 Å². The maximum absolute atomic E-state index is 14.3. The van der Waals surface area contributed by atoms with Gasteiger partial charge in [0.25, 0.3) is 0 Å². The Bertz CT molecular complexity index is 1470. The minimum atomic E-state index is -3.80. The van der Waals surface area contributed by atoms with Crippen molar-refractivity contribution < 1.29 is 18.0 Å². The largest absolute Gasteiger partial charge is 0.352 e. The number of hydrogen-bond acceptors (Lipinski definition) is 4. The van der Waals surface area contributed by atoms with Crippen LogP contribution in [0.3, 0.4) is 0 Å². The minimum Gasteiger partial charge on any atom is -0.352 e. The molecule has 0 radical (unpaired) electrons. The summed E-state index contributed by atoms with van der Waals surface area (Å²) in [6.45, 7) is 5.52. The summed E-state index contributed by atoms with van der Waals surface area (Å²) >= 11 is 0. The third-order valence-electron chi connectivity index (χ3n) is 7.93. The van der Waals surface area contributed by atoms with Gasteiger partial charge in [0.05, 0.1) is 11.9 Å². The van der Waals surface area contributed by atoms with E-state index < -0.39 is 28.5 Å². The first-order valence-corrected chi connectivity index (χ1v) is 16.1. The van der Waals surface area contributed by atoms with Crippen molar-refractivity contribution in [1.29, 1.82) is 0 Å². The van der Waals surface area contributed by atoms with Crippen LogP contribution in [-0.2, 0) is 32.6 Å². The van der Waals surface area contributed by atoms with E-state index in [1.54, 1.807) is 17.0 Å². The van der Waals surface area contributed by atoms with Crippen molar-refractivity contribution in [1.82, 2.24) is 10.2 Å². The van der Waals surface area contributed by atoms with Gasteiger partial charge in [0.15, 0.2) is 0 Å². The summed E-state index contributed by atoms with van der Waals surface area (Å²) in [4.78, 5) is 29.8. The van der Waals surface area contributed by atoms with Gasteiger partial charge < -0.3 is 10.2 Å². The SMILES string of the molecule is Cc1cccc(CN(C(=O)CN(c2cccc(C)c2C)S(C)(=O)=O)C(Cc2ccccc2)C(=O)NC2CCCC2)c1. The van der Waals surface area contributed by atoms with E-state index in [1.165, 1.54) is 0 Å². The fraction of sp³-hybridized carbons (Fsp3) is 0.394. The fourth-order valence-electron chi connectivity index (χ4n) is 5.53. The molecule has 3 aromatic carbocycles. The molecule has 1 saturated carbocycles. The summed E-state index contributed by atoms with van der Waals surface area (Å²) < 4.78 is 27.3. The van der Waals surface area contributed by atoms with Gasteiger partial charge in [0.2, 0.25) is 21.8 Å². The third-order valence-corrected chi connectivity index (χ3v) is 9.06. The van der Waals surface area contributed by atoms with Gasteiger partial charge in [0, 0.05) is 19.0 Å². The smallest absolute Gasteiger partial charge is 0.244 e. The summed E-state index contributed by atoms with van der Waals surface area (Å²) in [6, 6.07) is 22.2. The van der Waals surface area contributed by atoms with Gasteiger partial charge in [-0.05, 0) is 61.9 Å². The standard InChI is InChI=1S/C33H41N3O4S/c1-24-12-10-16-28(20-24)22-35(32(37)23-36(41(4,39)40)30-19-11-13-25(2)26(30)3)31(21-27-14-6-5-7-15-27)33(38)34-29-17-8-9-18-29/h5-7,10-16,19-20,29,31H,8-9,17-18,21-23H2,1-4H3,(H,34,38). The molecule has 41 heavy (non-hydrogen) atoms. The fourth-order valence-corrected chi connectivity index (χ4v) is 6.43. The zero-order valence-corrected chi connectivity index (χ0v) is 25.3. The van der Waals surface area contributed by atoms with Crippen LogP contribution in [0.15, 0.2) is 72.8 Å². The van der Waals surface area contributed by atoms with E-state index in [4.69, 9.17) is 0 Å². The molecule has 0 bridgehead atoms. The molecule has 1 fully saturated rings. The van der Waals surface area contributed by atoms with Crippen LogP contribution < -0.4 is 9.62 Å². The number of benzene rings is 3. The van der Waals surface area contributed by atoms with Crippen molar-refractivity contribution in [3.05, 3.63) is 101 Å². The first-order chi connectivity index (χ1) is 19.5. The van der Waals surface area contributed by atoms with E-state index in [0.29, 0.717) is 12.1 Å². The molecule has 1 unspecified atom stereocenters. The molecule has 2 amide bonds. The van der Waals surface area contributed by atoms with Crippen LogP contribution in [0.5, 0.6) is 0 Å². The predicted octanol–water partition coefficient (Wildman–Crippen LogP) is 5.08. The second kappa shape index (κ2) is 13.3. The van der Waals surface area contributed by atoms with Gasteiger partial charge in [0.1, 0.15) is 12.6 Å². The Morgan fingerprint density at radius 1 is 0.902 bits per heavy atom. The molecule has 7 nitrogen and oxygen atoms in total. The number of anilines is 1. The highest BCUT2D eigenvalue weighted by atomic mass is 32.2. The molecule has 0 saturated heterocycles. The normalized spacial score (nSPS) is 14.4. The molecule has 4 rings (SSSR count). The number of nitrogens with one attached hydrogen (secondary N) is 1. The van der Waals surface area contributed by atoms with Gasteiger partial charge in [-0.3, -0.25) is 13.9 Å². The van der Waals surface area contributed by atoms with Crippen molar-refractivity contribution in [3.8, 4) is 0 Å². The molecule has 1 atom stereocenters. The highest BCUT2D eigenvalue weighted by Gasteiger charge is 2.34. The van der Waals surface area contributed by atoms with Gasteiger partial charge in [-0.1, -0.05) is 85.1 Å². The average Bonchev–Trinajstić information content (AvgIpc) is 3.44. The molecule has 3 aromatic rings. The van der Waals surface area contributed by atoms with E-state index in [2.05, 4.69) is 5.32 Å². The number of nitrogens with zero attached hydrogens (tertiary/aromatic N) is 2. The molecule has 1 aliphatic rings. The van der Waals surface area contributed by atoms with Crippen LogP contribution in [0.25, 0.3) is 0 Å². The highest BCUT2D eigenvalue weighted by molar-refractivity contribution is 7.92. The summed E-state index contributed by atoms with van der Waals surface area (Å²) in [5.41, 5.74) is 5.02. The molecule has 0 aromatic heterocycles. The van der Waals surface area contributed by atoms with Crippen molar-refractivity contribution in [3.63, 3.8) is 0 Å². The first kappa shape index (κ1) is 30.3. The van der Waals surface area contributed by atoms with Crippen LogP contribution >= 0.6 is 0 Å². The topological polar surface area (TPSA) is 86.8 Å². The Labute approximate surface area is 244 Å². The molecular weight excluding hydrogens is 534 g/mol. The van der Waals surface area contributed by atoms with E-state index in [9.17, 15) is 18.0 Å². The summed E-state index contributed by atoms with van der Waals surface area (Å²) in [7, 11) is -3.80. The predicted molar refractivity (Wildman–Crippen MR) is 164 cm³/mol. The summed E-state index contributed by atoms with van der Waals surface area (Å²) in [6.07, 6.45) is 5.41. The van der Waals surface area contributed by atoms with Gasteiger partial charge in [-0.25, -0.2) is 8.42 Å². The second-order valence-electron chi connectivity index (χ2n) is 11.2. The molecule has 0 heterocycles. The highest BCUT2D eigenvalue weighted by Crippen LogP contribution is 2.26. The lowest BCUT2D eigenvalue weighted by atomic mass is 10.0. The van der Waals surface area contributed by atoms with Crippen LogP contribution in [0, 0.1) is 20.8 Å². The maximum atomic E-state index is 14.3. The lowest BCUT2D eigenvalue weighted by Gasteiger charge is -2.34. The van der Waals surface area contributed by atoms with Crippen LogP contribution in [0.2, 0.25) is 0 Å². The van der Waals surface area contributed by atoms with Crippen LogP contribution in [0.1, 0.15) is 53.5 Å². The lowest BCUT2D eigenvalue weighted by molar-refractivity contribution is -0.140. The molecule has 8 heteroatoms. The number of hydrogen-bond donors (Lipinski definition) is 1. The third kappa shape index (κ3) is 7.97. The van der Waals surface area contributed by atoms with E-state index >= 15 is 0 Å². The summed E-state index contributed by atoms with van der Waals surface area (Å²) in [5, 5.41) is 3.20. The van der Waals surface area contributed by atoms with Gasteiger partial charge >= 0.3 is 0 Å². The Morgan fingerprint density at radius 2 is 1.56 bits per heavy atom. The Hall–Kier alpha value is -3.65. The van der Waals surface area contributed by atoms with Crippen LogP contribution in [-0.4, -0.2) is 50.0 Å². The quantitative estimate of drug-likeness (QED) is 0.346. The molecule has 1 N–H and O–H groups in total. The first-order valence-electron chi connectivity index (χ1n) is 14.3. The van der Waals surface area contributed by atoms with E-state index in [0.717, 1.165) is 64.1 Å². The second-order valence-corrected chi connectivity index (χ2v) is 13.1. The number of sulfonamides is 1. The molecule has 1 aliphatic carbocycles. The number of aryl methyl sites for hydroxylation is 2. The maximum Gasteiger partial charge on any atom is 0.244 e. The molecule has 0 aliphatic heterocycles. The van der Waals surface area contributed by atoms with Crippen LogP contribution in [0.4, 0.5) is 5.69 Å². The van der Waals surface area contributed by atoms with Crippen molar-refractivity contribution >= 4 is 27.5 Å². The Balaban J connectivity index is 1.74. The monoisotopic (exact) mass is 575 g/mol. The molecule has 218 valence electrons. The Morgan fingerprint density at radius 3 is 2.22 bits per heavy atom. The number of amides is 2. The number of carbonyl (C=O) groups excluding carboxylic acids is 2. The minimum absolute atomic E-state index is 0.0826. The Kier molecular flexibility index (Phi) is 9.86. The zero-order chi connectivity index (χ0) is 29.6. The van der Waals surface area contributed by atoms with Crippen molar-refractivity contribution in [2.24, 2.45) is 0 Å². The van der Waals surface area contributed by atoms with Crippen molar-refractivity contribution in [2.75, 3.05) is 17.1 Å². The molecule has 0 spiro atoms. The summed E-state index contributed by atoms with van der Waals surface area (Å²) in [5.74, 6) is -0.639. The zero-order valence-electron chi connectivity index (χ0n) is 24.5.